The molecule has 1 aliphatic carbocycles. The summed E-state index contributed by atoms with van der Waals surface area (Å²) in [6, 6.07) is 3.68. The summed E-state index contributed by atoms with van der Waals surface area (Å²) in [6.45, 7) is 2.13. The maximum absolute atomic E-state index is 15.3. The van der Waals surface area contributed by atoms with E-state index < -0.39 is 92.0 Å². The fraction of sp³-hybridized carbons (Fsp3) is 0.333. The Bertz CT molecular complexity index is 1720. The molecule has 0 aliphatic heterocycles. The lowest BCUT2D eigenvalue weighted by Gasteiger charge is -2.29. The van der Waals surface area contributed by atoms with E-state index in [1.165, 1.54) is 0 Å². The van der Waals surface area contributed by atoms with E-state index in [0.29, 0.717) is 23.6 Å². The van der Waals surface area contributed by atoms with E-state index in [-0.39, 0.29) is 30.2 Å². The Morgan fingerprint density at radius 2 is 1.04 bits per heavy atom. The van der Waals surface area contributed by atoms with Gasteiger partial charge in [0.1, 0.15) is 46.2 Å². The molecule has 5 rings (SSSR count). The molecule has 4 aromatic carbocycles. The molecule has 1 saturated carbocycles. The molecular weight excluding hydrogens is 657 g/mol. The van der Waals surface area contributed by atoms with E-state index in [1.807, 2.05) is 0 Å². The van der Waals surface area contributed by atoms with Gasteiger partial charge in [0.15, 0.2) is 17.5 Å². The Hall–Kier alpha value is -4.09. The number of hydrogen-bond donors (Lipinski definition) is 0. The van der Waals surface area contributed by atoms with Crippen molar-refractivity contribution >= 4 is 0 Å². The van der Waals surface area contributed by atoms with Gasteiger partial charge in [-0.15, -0.1) is 0 Å². The molecule has 1 fully saturated rings. The first-order chi connectivity index (χ1) is 22.7. The Kier molecular flexibility index (Phi) is 10.4. The molecule has 12 heteroatoms. The molecule has 0 aromatic heterocycles. The lowest BCUT2D eigenvalue weighted by Crippen LogP contribution is -2.25. The molecule has 1 aliphatic rings. The maximum Gasteiger partial charge on any atom is 0.432 e. The lowest BCUT2D eigenvalue weighted by molar-refractivity contribution is -0.189. The van der Waals surface area contributed by atoms with Crippen molar-refractivity contribution in [3.8, 4) is 28.0 Å². The smallest absolute Gasteiger partial charge is 0.429 e. The highest BCUT2D eigenvalue weighted by Gasteiger charge is 2.42. The summed E-state index contributed by atoms with van der Waals surface area (Å²) < 4.78 is 164. The van der Waals surface area contributed by atoms with Crippen LogP contribution in [-0.4, -0.2) is 0 Å². The first-order valence-corrected chi connectivity index (χ1v) is 15.4. The number of ether oxygens (including phenoxy) is 1. The first kappa shape index (κ1) is 35.2. The molecule has 1 nitrogen and oxygen atoms in total. The number of rotatable bonds is 10. The van der Waals surface area contributed by atoms with Gasteiger partial charge in [0, 0.05) is 12.1 Å². The molecule has 256 valence electrons. The molecule has 0 atom stereocenters. The van der Waals surface area contributed by atoms with Crippen LogP contribution in [0.15, 0.2) is 48.5 Å². The number of halogens is 11. The van der Waals surface area contributed by atoms with E-state index in [9.17, 15) is 30.7 Å². The Morgan fingerprint density at radius 3 is 1.52 bits per heavy atom. The van der Waals surface area contributed by atoms with Gasteiger partial charge in [-0.25, -0.2) is 39.5 Å². The molecular formula is C36H29F11O. The fourth-order valence-corrected chi connectivity index (χ4v) is 6.35. The van der Waals surface area contributed by atoms with Crippen molar-refractivity contribution in [3.05, 3.63) is 112 Å². The van der Waals surface area contributed by atoms with Gasteiger partial charge in [-0.05, 0) is 90.6 Å². The number of benzene rings is 4. The van der Waals surface area contributed by atoms with Gasteiger partial charge in [0.05, 0.1) is 11.1 Å². The third-order valence-corrected chi connectivity index (χ3v) is 8.75. The van der Waals surface area contributed by atoms with Crippen LogP contribution in [0.4, 0.5) is 48.3 Å². The normalized spacial score (nSPS) is 16.8. The fourth-order valence-electron chi connectivity index (χ4n) is 6.35. The molecule has 0 N–H and O–H groups in total. The van der Waals surface area contributed by atoms with E-state index in [4.69, 9.17) is 0 Å². The van der Waals surface area contributed by atoms with Crippen LogP contribution in [0.2, 0.25) is 0 Å². The Labute approximate surface area is 269 Å². The highest BCUT2D eigenvalue weighted by molar-refractivity contribution is 5.73. The minimum atomic E-state index is -4.93. The second-order valence-electron chi connectivity index (χ2n) is 12.0. The minimum absolute atomic E-state index is 0.0163. The zero-order chi connectivity index (χ0) is 34.9. The highest BCUT2D eigenvalue weighted by Crippen LogP contribution is 2.42. The number of unbranched alkanes of at least 4 members (excludes halogenated alkanes) is 2. The van der Waals surface area contributed by atoms with Gasteiger partial charge in [0.2, 0.25) is 0 Å². The molecule has 4 aromatic rings. The second-order valence-corrected chi connectivity index (χ2v) is 12.0. The topological polar surface area (TPSA) is 9.23 Å². The Morgan fingerprint density at radius 1 is 0.583 bits per heavy atom. The summed E-state index contributed by atoms with van der Waals surface area (Å²) in [5, 5.41) is 0. The van der Waals surface area contributed by atoms with Gasteiger partial charge in [-0.3, -0.25) is 0 Å². The van der Waals surface area contributed by atoms with Crippen molar-refractivity contribution in [1.29, 1.82) is 0 Å². The summed E-state index contributed by atoms with van der Waals surface area (Å²) in [5.74, 6) is -16.0. The summed E-state index contributed by atoms with van der Waals surface area (Å²) >= 11 is 0. The van der Waals surface area contributed by atoms with Crippen molar-refractivity contribution < 1.29 is 53.0 Å². The van der Waals surface area contributed by atoms with Crippen LogP contribution in [0, 0.1) is 58.3 Å². The van der Waals surface area contributed by atoms with Crippen LogP contribution in [0.3, 0.4) is 0 Å². The zero-order valence-corrected chi connectivity index (χ0v) is 25.5. The maximum atomic E-state index is 15.3. The van der Waals surface area contributed by atoms with Gasteiger partial charge < -0.3 is 4.74 Å². The molecule has 48 heavy (non-hydrogen) atoms. The molecule has 0 bridgehead atoms. The van der Waals surface area contributed by atoms with Crippen LogP contribution < -0.4 is 4.74 Å². The number of alkyl halides is 2. The van der Waals surface area contributed by atoms with Crippen molar-refractivity contribution in [3.63, 3.8) is 0 Å². The third kappa shape index (κ3) is 7.32. The largest absolute Gasteiger partial charge is 0.432 e. The van der Waals surface area contributed by atoms with Crippen LogP contribution in [-0.2, 0) is 6.11 Å². The minimum Gasteiger partial charge on any atom is -0.429 e. The van der Waals surface area contributed by atoms with Gasteiger partial charge in [0.25, 0.3) is 0 Å². The summed E-state index contributed by atoms with van der Waals surface area (Å²) in [4.78, 5) is 0. The molecule has 0 amide bonds. The molecule has 0 unspecified atom stereocenters. The van der Waals surface area contributed by atoms with Crippen molar-refractivity contribution in [1.82, 2.24) is 0 Å². The zero-order valence-electron chi connectivity index (χ0n) is 25.5. The van der Waals surface area contributed by atoms with Crippen LogP contribution in [0.1, 0.15) is 75.3 Å². The molecule has 0 spiro atoms. The summed E-state index contributed by atoms with van der Waals surface area (Å²) in [6.07, 6.45) is 2.96. The van der Waals surface area contributed by atoms with Gasteiger partial charge in [-0.1, -0.05) is 32.6 Å². The predicted molar refractivity (Wildman–Crippen MR) is 157 cm³/mol. The van der Waals surface area contributed by atoms with Gasteiger partial charge in [-0.2, -0.15) is 8.78 Å². The first-order valence-electron chi connectivity index (χ1n) is 15.4. The molecule has 0 heterocycles. The average molecular weight is 687 g/mol. The Balaban J connectivity index is 1.39. The highest BCUT2D eigenvalue weighted by atomic mass is 19.3. The van der Waals surface area contributed by atoms with E-state index in [1.54, 1.807) is 0 Å². The van der Waals surface area contributed by atoms with E-state index in [0.717, 1.165) is 63.5 Å². The van der Waals surface area contributed by atoms with Crippen molar-refractivity contribution in [2.24, 2.45) is 5.92 Å². The van der Waals surface area contributed by atoms with E-state index in [2.05, 4.69) is 11.7 Å². The van der Waals surface area contributed by atoms with Gasteiger partial charge >= 0.3 is 6.11 Å². The lowest BCUT2D eigenvalue weighted by atomic mass is 9.76. The summed E-state index contributed by atoms with van der Waals surface area (Å²) in [7, 11) is 0. The SMILES string of the molecule is CCCCCC1CCC(c2cc(F)c(-c3cc(F)c(-c4cc(F)c(C(F)(F)Oc5cc(F)c(F)c(F)c5)c(F)c4)c(F)c3)c(F)c2)CC1. The quantitative estimate of drug-likeness (QED) is 0.0917. The van der Waals surface area contributed by atoms with Crippen molar-refractivity contribution in [2.45, 2.75) is 70.3 Å². The van der Waals surface area contributed by atoms with Crippen LogP contribution in [0.25, 0.3) is 22.3 Å². The predicted octanol–water partition coefficient (Wildman–Crippen LogP) is 12.3. The standard InChI is InChI=1S/C36H29F11O/c1-2-3-4-5-18-6-8-19(9-7-18)20-10-24(37)32(25(38)11-20)21-12-26(39)33(27(40)13-21)22-14-28(41)34(29(42)15-22)36(46,47)48-23-16-30(43)35(45)31(44)17-23/h10-19H,2-9H2,1H3. The van der Waals surface area contributed by atoms with Crippen LogP contribution in [0.5, 0.6) is 5.75 Å². The average Bonchev–Trinajstić information content (AvgIpc) is 2.99. The van der Waals surface area contributed by atoms with Crippen LogP contribution >= 0.6 is 0 Å². The molecule has 0 radical (unpaired) electrons. The second kappa shape index (κ2) is 14.2. The van der Waals surface area contributed by atoms with E-state index >= 15 is 17.6 Å². The monoisotopic (exact) mass is 686 g/mol. The third-order valence-electron chi connectivity index (χ3n) is 8.75. The molecule has 0 saturated heterocycles. The number of hydrogen-bond acceptors (Lipinski definition) is 1. The summed E-state index contributed by atoms with van der Waals surface area (Å²) in [5.41, 5.74) is -4.92. The van der Waals surface area contributed by atoms with Crippen molar-refractivity contribution in [2.75, 3.05) is 0 Å².